The molecule has 0 atom stereocenters. The first kappa shape index (κ1) is 20.9. The summed E-state index contributed by atoms with van der Waals surface area (Å²) in [7, 11) is 0. The molecule has 1 amide bonds. The minimum Gasteiger partial charge on any atom is -0.355 e. The Balaban J connectivity index is 1.21. The van der Waals surface area contributed by atoms with Gasteiger partial charge in [0.15, 0.2) is 5.82 Å². The molecule has 0 bridgehead atoms. The summed E-state index contributed by atoms with van der Waals surface area (Å²) < 4.78 is 0. The summed E-state index contributed by atoms with van der Waals surface area (Å²) in [6.45, 7) is 1.58. The number of carbonyl (C=O) groups is 1. The molecule has 1 N–H and O–H groups in total. The second kappa shape index (κ2) is 9.65. The molecule has 3 aromatic carbocycles. The fraction of sp³-hybridized carbons (Fsp3) is 0.179. The van der Waals surface area contributed by atoms with E-state index >= 15 is 0 Å². The fourth-order valence-corrected chi connectivity index (χ4v) is 4.32. The molecule has 0 spiro atoms. The van der Waals surface area contributed by atoms with Gasteiger partial charge in [0, 0.05) is 35.8 Å². The van der Waals surface area contributed by atoms with Gasteiger partial charge in [-0.3, -0.25) is 4.79 Å². The van der Waals surface area contributed by atoms with Crippen LogP contribution in [0.15, 0.2) is 97.1 Å². The Morgan fingerprint density at radius 3 is 2.03 bits per heavy atom. The number of piperidine rings is 1. The zero-order valence-electron chi connectivity index (χ0n) is 18.4. The first-order valence-electron chi connectivity index (χ1n) is 11.4. The van der Waals surface area contributed by atoms with Gasteiger partial charge in [0.05, 0.1) is 5.69 Å². The predicted octanol–water partition coefficient (Wildman–Crippen LogP) is 5.67. The standard InChI is InChI=1S/C28H26N4O/c33-28(29-26-14-8-7-13-24(26)21-9-3-1-4-10-21)23-17-19-32(20-18-23)27-16-15-25(30-31-27)22-11-5-2-6-12-22/h1-16,23H,17-20H2,(H,29,33). The van der Waals surface area contributed by atoms with Gasteiger partial charge in [0.2, 0.25) is 5.91 Å². The van der Waals surface area contributed by atoms with Crippen LogP contribution in [0, 0.1) is 5.92 Å². The average molecular weight is 435 g/mol. The highest BCUT2D eigenvalue weighted by Crippen LogP contribution is 2.29. The van der Waals surface area contributed by atoms with Crippen LogP contribution in [0.1, 0.15) is 12.8 Å². The van der Waals surface area contributed by atoms with Gasteiger partial charge >= 0.3 is 0 Å². The lowest BCUT2D eigenvalue weighted by atomic mass is 9.95. The second-order valence-corrected chi connectivity index (χ2v) is 8.30. The van der Waals surface area contributed by atoms with E-state index in [1.54, 1.807) is 0 Å². The van der Waals surface area contributed by atoms with Crippen molar-refractivity contribution >= 4 is 17.4 Å². The molecule has 5 rings (SSSR count). The van der Waals surface area contributed by atoms with Crippen molar-refractivity contribution in [3.05, 3.63) is 97.1 Å². The van der Waals surface area contributed by atoms with Crippen molar-refractivity contribution in [1.29, 1.82) is 0 Å². The number of para-hydroxylation sites is 1. The third kappa shape index (κ3) is 4.77. The van der Waals surface area contributed by atoms with Crippen LogP contribution in [0.5, 0.6) is 0 Å². The van der Waals surface area contributed by atoms with Crippen molar-refractivity contribution in [3.63, 3.8) is 0 Å². The van der Waals surface area contributed by atoms with Crippen molar-refractivity contribution in [2.24, 2.45) is 5.92 Å². The summed E-state index contributed by atoms with van der Waals surface area (Å²) in [5.41, 5.74) is 4.92. The van der Waals surface area contributed by atoms with Gasteiger partial charge in [-0.05, 0) is 36.6 Å². The van der Waals surface area contributed by atoms with Crippen LogP contribution in [0.25, 0.3) is 22.4 Å². The quantitative estimate of drug-likeness (QED) is 0.440. The summed E-state index contributed by atoms with van der Waals surface area (Å²) in [6.07, 6.45) is 1.59. The van der Waals surface area contributed by atoms with E-state index in [1.165, 1.54) is 0 Å². The van der Waals surface area contributed by atoms with E-state index in [1.807, 2.05) is 84.9 Å². The van der Waals surface area contributed by atoms with Crippen molar-refractivity contribution in [1.82, 2.24) is 10.2 Å². The number of hydrogen-bond acceptors (Lipinski definition) is 4. The molecule has 0 radical (unpaired) electrons. The monoisotopic (exact) mass is 434 g/mol. The van der Waals surface area contributed by atoms with Crippen LogP contribution in [0.3, 0.4) is 0 Å². The lowest BCUT2D eigenvalue weighted by Gasteiger charge is -2.32. The highest BCUT2D eigenvalue weighted by Gasteiger charge is 2.26. The van der Waals surface area contributed by atoms with Crippen LogP contribution in [-0.2, 0) is 4.79 Å². The third-order valence-electron chi connectivity index (χ3n) is 6.18. The second-order valence-electron chi connectivity index (χ2n) is 8.30. The maximum atomic E-state index is 13.0. The van der Waals surface area contributed by atoms with E-state index in [9.17, 15) is 4.79 Å². The number of anilines is 2. The molecule has 5 nitrogen and oxygen atoms in total. The van der Waals surface area contributed by atoms with Gasteiger partial charge in [-0.2, -0.15) is 0 Å². The fourth-order valence-electron chi connectivity index (χ4n) is 4.32. The number of amides is 1. The summed E-state index contributed by atoms with van der Waals surface area (Å²) in [6, 6.07) is 32.2. The Kier molecular flexibility index (Phi) is 6.11. The Labute approximate surface area is 194 Å². The lowest BCUT2D eigenvalue weighted by Crippen LogP contribution is -2.38. The Morgan fingerprint density at radius 2 is 1.36 bits per heavy atom. The van der Waals surface area contributed by atoms with Gasteiger partial charge < -0.3 is 10.2 Å². The van der Waals surface area contributed by atoms with E-state index in [0.717, 1.165) is 59.8 Å². The number of carbonyl (C=O) groups excluding carboxylic acids is 1. The highest BCUT2D eigenvalue weighted by atomic mass is 16.1. The molecular weight excluding hydrogens is 408 g/mol. The van der Waals surface area contributed by atoms with Crippen molar-refractivity contribution < 1.29 is 4.79 Å². The third-order valence-corrected chi connectivity index (χ3v) is 6.18. The largest absolute Gasteiger partial charge is 0.355 e. The Morgan fingerprint density at radius 1 is 0.727 bits per heavy atom. The maximum Gasteiger partial charge on any atom is 0.227 e. The Bertz CT molecular complexity index is 1200. The SMILES string of the molecule is O=C(Nc1ccccc1-c1ccccc1)C1CCN(c2ccc(-c3ccccc3)nn2)CC1. The lowest BCUT2D eigenvalue weighted by molar-refractivity contribution is -0.120. The molecular formula is C28H26N4O. The number of rotatable bonds is 5. The minimum absolute atomic E-state index is 0.0124. The molecule has 0 aliphatic carbocycles. The summed E-state index contributed by atoms with van der Waals surface area (Å²) >= 11 is 0. The molecule has 1 aliphatic heterocycles. The van der Waals surface area contributed by atoms with E-state index in [-0.39, 0.29) is 11.8 Å². The minimum atomic E-state index is -0.0124. The predicted molar refractivity (Wildman–Crippen MR) is 133 cm³/mol. The van der Waals surface area contributed by atoms with E-state index in [4.69, 9.17) is 0 Å². The zero-order chi connectivity index (χ0) is 22.5. The molecule has 0 saturated carbocycles. The molecule has 2 heterocycles. The molecule has 1 aromatic heterocycles. The van der Waals surface area contributed by atoms with E-state index in [0.29, 0.717) is 0 Å². The van der Waals surface area contributed by atoms with Crippen molar-refractivity contribution in [2.45, 2.75) is 12.8 Å². The van der Waals surface area contributed by atoms with Crippen LogP contribution in [-0.4, -0.2) is 29.2 Å². The highest BCUT2D eigenvalue weighted by molar-refractivity contribution is 5.96. The van der Waals surface area contributed by atoms with Crippen LogP contribution >= 0.6 is 0 Å². The van der Waals surface area contributed by atoms with E-state index in [2.05, 4.69) is 32.5 Å². The molecule has 164 valence electrons. The van der Waals surface area contributed by atoms with Crippen LogP contribution < -0.4 is 10.2 Å². The maximum absolute atomic E-state index is 13.0. The smallest absolute Gasteiger partial charge is 0.227 e. The van der Waals surface area contributed by atoms with Crippen molar-refractivity contribution in [2.75, 3.05) is 23.3 Å². The zero-order valence-corrected chi connectivity index (χ0v) is 18.4. The molecule has 0 unspecified atom stereocenters. The van der Waals surface area contributed by atoms with Crippen LogP contribution in [0.4, 0.5) is 11.5 Å². The molecule has 1 fully saturated rings. The normalized spacial score (nSPS) is 14.1. The van der Waals surface area contributed by atoms with Gasteiger partial charge in [-0.25, -0.2) is 0 Å². The molecule has 33 heavy (non-hydrogen) atoms. The Hall–Kier alpha value is -3.99. The topological polar surface area (TPSA) is 58.1 Å². The van der Waals surface area contributed by atoms with Gasteiger partial charge in [0.25, 0.3) is 0 Å². The summed E-state index contributed by atoms with van der Waals surface area (Å²) in [5.74, 6) is 0.938. The summed E-state index contributed by atoms with van der Waals surface area (Å²) in [4.78, 5) is 15.2. The van der Waals surface area contributed by atoms with Gasteiger partial charge in [-0.15, -0.1) is 10.2 Å². The summed E-state index contributed by atoms with van der Waals surface area (Å²) in [5, 5.41) is 12.0. The molecule has 4 aromatic rings. The van der Waals surface area contributed by atoms with Gasteiger partial charge in [-0.1, -0.05) is 78.9 Å². The van der Waals surface area contributed by atoms with Crippen LogP contribution in [0.2, 0.25) is 0 Å². The number of nitrogens with one attached hydrogen (secondary N) is 1. The van der Waals surface area contributed by atoms with E-state index < -0.39 is 0 Å². The van der Waals surface area contributed by atoms with Gasteiger partial charge in [0.1, 0.15) is 0 Å². The molecule has 5 heteroatoms. The average Bonchev–Trinajstić information content (AvgIpc) is 2.90. The van der Waals surface area contributed by atoms with Crippen molar-refractivity contribution in [3.8, 4) is 22.4 Å². The molecule has 1 saturated heterocycles. The first-order valence-corrected chi connectivity index (χ1v) is 11.4. The first-order chi connectivity index (χ1) is 16.3. The number of nitrogens with zero attached hydrogens (tertiary/aromatic N) is 3. The number of aromatic nitrogens is 2. The number of hydrogen-bond donors (Lipinski definition) is 1. The molecule has 1 aliphatic rings. The number of benzene rings is 3.